The van der Waals surface area contributed by atoms with E-state index in [2.05, 4.69) is 9.56 Å². The molecule has 16 heavy (non-hydrogen) atoms. The maximum atomic E-state index is 11.5. The van der Waals surface area contributed by atoms with Gasteiger partial charge in [-0.15, -0.1) is 4.89 Å². The molecule has 1 aromatic carbocycles. The molecule has 0 heterocycles. The van der Waals surface area contributed by atoms with Crippen LogP contribution in [0.3, 0.4) is 0 Å². The van der Waals surface area contributed by atoms with E-state index >= 15 is 0 Å². The van der Waals surface area contributed by atoms with Crippen LogP contribution in [0, 0.1) is 6.92 Å². The van der Waals surface area contributed by atoms with Crippen molar-refractivity contribution in [1.29, 1.82) is 0 Å². The quantitative estimate of drug-likeness (QED) is 0.490. The lowest BCUT2D eigenvalue weighted by molar-refractivity contribution is -0.188. The zero-order chi connectivity index (χ0) is 12.2. The summed E-state index contributed by atoms with van der Waals surface area (Å²) in [6.45, 7) is 1.83. The average Bonchev–Trinajstić information content (AvgIpc) is 2.17. The maximum Gasteiger partial charge on any atom is 0.726 e. The summed E-state index contributed by atoms with van der Waals surface area (Å²) in [5, 5.41) is 0. The Hall–Kier alpha value is -0.850. The fraction of sp³-hybridized carbons (Fsp3) is 0.250. The van der Waals surface area contributed by atoms with Crippen molar-refractivity contribution in [2.24, 2.45) is 0 Å². The van der Waals surface area contributed by atoms with Crippen LogP contribution in [-0.2, 0) is 24.0 Å². The van der Waals surface area contributed by atoms with Crippen LogP contribution in [0.5, 0.6) is 0 Å². The van der Waals surface area contributed by atoms with Gasteiger partial charge in [0.25, 0.3) is 0 Å². The first-order valence-corrected chi connectivity index (χ1v) is 6.95. The molecule has 1 rings (SSSR count). The third kappa shape index (κ3) is 3.96. The van der Waals surface area contributed by atoms with Crippen LogP contribution in [0.4, 0.5) is 0 Å². The highest BCUT2D eigenvalue weighted by Crippen LogP contribution is 2.17. The van der Waals surface area contributed by atoms with Crippen molar-refractivity contribution in [3.05, 3.63) is 29.8 Å². The second kappa shape index (κ2) is 5.47. The van der Waals surface area contributed by atoms with Crippen molar-refractivity contribution >= 4 is 18.1 Å². The lowest BCUT2D eigenvalue weighted by Crippen LogP contribution is -2.09. The van der Waals surface area contributed by atoms with Gasteiger partial charge in [0.05, 0.1) is 9.57 Å². The molecule has 0 aliphatic carbocycles. The first-order chi connectivity index (χ1) is 7.42. The molecule has 0 bridgehead atoms. The van der Waals surface area contributed by atoms with Crippen molar-refractivity contribution < 1.29 is 27.4 Å². The summed E-state index contributed by atoms with van der Waals surface area (Å²) in [7, 11) is -6.62. The van der Waals surface area contributed by atoms with Gasteiger partial charge in [0.1, 0.15) is 0 Å². The van der Waals surface area contributed by atoms with Gasteiger partial charge >= 0.3 is 8.25 Å². The first kappa shape index (κ1) is 13.2. The molecule has 88 valence electrons. The van der Waals surface area contributed by atoms with Gasteiger partial charge < -0.3 is 0 Å². The molecule has 6 nitrogen and oxygen atoms in total. The zero-order valence-electron chi connectivity index (χ0n) is 8.36. The third-order valence-corrected chi connectivity index (χ3v) is 3.33. The van der Waals surface area contributed by atoms with Crippen molar-refractivity contribution in [3.8, 4) is 0 Å². The molecule has 0 saturated carbocycles. The Morgan fingerprint density at radius 1 is 1.31 bits per heavy atom. The largest absolute Gasteiger partial charge is 0.726 e. The van der Waals surface area contributed by atoms with Crippen molar-refractivity contribution in [3.63, 3.8) is 0 Å². The van der Waals surface area contributed by atoms with Crippen molar-refractivity contribution in [2.75, 3.05) is 5.94 Å². The summed E-state index contributed by atoms with van der Waals surface area (Å²) < 4.78 is 37.0. The molecule has 0 aliphatic heterocycles. The van der Waals surface area contributed by atoms with Gasteiger partial charge in [-0.05, 0) is 19.1 Å². The molecule has 1 atom stereocenters. The Balaban J connectivity index is 2.71. The molecule has 0 saturated heterocycles. The summed E-state index contributed by atoms with van der Waals surface area (Å²) in [5.41, 5.74) is 0.926. The van der Waals surface area contributed by atoms with Gasteiger partial charge in [-0.1, -0.05) is 17.7 Å². The van der Waals surface area contributed by atoms with Crippen LogP contribution in [0.25, 0.3) is 0 Å². The predicted octanol–water partition coefficient (Wildman–Crippen LogP) is 1.32. The minimum atomic E-state index is -3.66. The Bertz CT molecular complexity index is 466. The number of benzene rings is 1. The summed E-state index contributed by atoms with van der Waals surface area (Å²) in [5.74, 6) is -0.808. The van der Waals surface area contributed by atoms with Crippen LogP contribution in [0.1, 0.15) is 5.56 Å². The highest BCUT2D eigenvalue weighted by Gasteiger charge is 2.20. The molecule has 0 radical (unpaired) electrons. The van der Waals surface area contributed by atoms with E-state index in [9.17, 15) is 13.0 Å². The minimum absolute atomic E-state index is 0.0647. The zero-order valence-corrected chi connectivity index (χ0v) is 10.1. The highest BCUT2D eigenvalue weighted by atomic mass is 32.2. The van der Waals surface area contributed by atoms with Gasteiger partial charge in [0.2, 0.25) is 9.84 Å². The van der Waals surface area contributed by atoms with Crippen LogP contribution < -0.4 is 0 Å². The lowest BCUT2D eigenvalue weighted by atomic mass is 10.2. The average molecular weight is 265 g/mol. The number of hydrogen-bond acceptors (Lipinski definition) is 5. The van der Waals surface area contributed by atoms with E-state index < -0.39 is 24.0 Å². The van der Waals surface area contributed by atoms with Gasteiger partial charge in [-0.25, -0.2) is 8.42 Å². The maximum absolute atomic E-state index is 11.5. The number of rotatable bonds is 5. The Morgan fingerprint density at radius 2 is 1.88 bits per heavy atom. The highest BCUT2D eigenvalue weighted by molar-refractivity contribution is 7.91. The van der Waals surface area contributed by atoms with Crippen LogP contribution in [0.15, 0.2) is 29.2 Å². The Morgan fingerprint density at radius 3 is 2.38 bits per heavy atom. The number of hydrogen-bond donors (Lipinski definition) is 1. The van der Waals surface area contributed by atoms with E-state index in [1.807, 2.05) is 6.92 Å². The molecule has 0 amide bonds. The Kier molecular flexibility index (Phi) is 4.52. The van der Waals surface area contributed by atoms with E-state index in [-0.39, 0.29) is 4.90 Å². The molecular weight excluding hydrogens is 255 g/mol. The molecule has 1 N–H and O–H groups in total. The normalized spacial score (nSPS) is 12.5. The van der Waals surface area contributed by atoms with Gasteiger partial charge in [0.15, 0.2) is 5.94 Å². The van der Waals surface area contributed by atoms with E-state index in [0.29, 0.717) is 0 Å². The van der Waals surface area contributed by atoms with Crippen molar-refractivity contribution in [2.45, 2.75) is 11.8 Å². The minimum Gasteiger partial charge on any atom is -0.221 e. The molecule has 0 aliphatic rings. The molecule has 8 heteroatoms. The lowest BCUT2D eigenvalue weighted by Gasteiger charge is -2.01. The van der Waals surface area contributed by atoms with E-state index in [0.717, 1.165) is 5.56 Å². The predicted molar refractivity (Wildman–Crippen MR) is 55.2 cm³/mol. The molecular formula is C8H10O6PS+. The van der Waals surface area contributed by atoms with E-state index in [1.54, 1.807) is 12.1 Å². The van der Waals surface area contributed by atoms with Gasteiger partial charge in [0, 0.05) is 4.57 Å². The molecule has 0 fully saturated rings. The fourth-order valence-electron chi connectivity index (χ4n) is 0.944. The topological polar surface area (TPSA) is 89.9 Å². The summed E-state index contributed by atoms with van der Waals surface area (Å²) in [4.78, 5) is 12.4. The molecule has 1 unspecified atom stereocenters. The second-order valence-corrected chi connectivity index (χ2v) is 5.54. The Labute approximate surface area is 93.6 Å². The van der Waals surface area contributed by atoms with E-state index in [1.165, 1.54) is 12.1 Å². The monoisotopic (exact) mass is 265 g/mol. The third-order valence-electron chi connectivity index (χ3n) is 1.70. The van der Waals surface area contributed by atoms with Gasteiger partial charge in [-0.2, -0.15) is 4.89 Å². The van der Waals surface area contributed by atoms with Crippen LogP contribution >= 0.6 is 8.25 Å². The van der Waals surface area contributed by atoms with E-state index in [4.69, 9.17) is 4.89 Å². The summed E-state index contributed by atoms with van der Waals surface area (Å²) in [6.07, 6.45) is 0. The second-order valence-electron chi connectivity index (χ2n) is 2.98. The van der Waals surface area contributed by atoms with Crippen LogP contribution in [0.2, 0.25) is 0 Å². The fourth-order valence-corrected chi connectivity index (χ4v) is 2.02. The number of sulfone groups is 1. The smallest absolute Gasteiger partial charge is 0.221 e. The van der Waals surface area contributed by atoms with Gasteiger partial charge in [-0.3, -0.25) is 0 Å². The van der Waals surface area contributed by atoms with Crippen LogP contribution in [-0.4, -0.2) is 19.3 Å². The molecule has 0 aromatic heterocycles. The first-order valence-electron chi connectivity index (χ1n) is 4.17. The summed E-state index contributed by atoms with van der Waals surface area (Å²) >= 11 is 0. The van der Waals surface area contributed by atoms with Crippen molar-refractivity contribution in [1.82, 2.24) is 0 Å². The molecule has 1 aromatic rings. The number of aryl methyl sites for hydroxylation is 1. The standard InChI is InChI=1S/C8H9O6PS/c1-7-2-4-8(5-3-7)16(11,12)6-13-14-15(9)10/h2-5H,6H2,1H3/p+1. The summed E-state index contributed by atoms with van der Waals surface area (Å²) in [6, 6.07) is 6.13. The molecule has 0 spiro atoms. The SMILES string of the molecule is Cc1ccc(S(=O)(=O)COO[P+](=O)O)cc1.